The van der Waals surface area contributed by atoms with Gasteiger partial charge < -0.3 is 5.32 Å². The van der Waals surface area contributed by atoms with Crippen molar-refractivity contribution in [3.05, 3.63) is 51.9 Å². The molecule has 2 aromatic heterocycles. The first-order valence-corrected chi connectivity index (χ1v) is 9.58. The molecule has 0 bridgehead atoms. The number of hydrogen-bond acceptors (Lipinski definition) is 5. The van der Waals surface area contributed by atoms with Crippen LogP contribution in [0.3, 0.4) is 0 Å². The third kappa shape index (κ3) is 3.73. The van der Waals surface area contributed by atoms with E-state index in [-0.39, 0.29) is 5.56 Å². The van der Waals surface area contributed by atoms with Gasteiger partial charge in [-0.1, -0.05) is 30.7 Å². The van der Waals surface area contributed by atoms with E-state index >= 15 is 0 Å². The van der Waals surface area contributed by atoms with Crippen LogP contribution in [0.25, 0.3) is 11.0 Å². The summed E-state index contributed by atoms with van der Waals surface area (Å²) in [6, 6.07) is 9.11. The Labute approximate surface area is 158 Å². The average molecular weight is 366 g/mol. The molecule has 142 valence electrons. The highest BCUT2D eigenvalue weighted by Gasteiger charge is 2.19. The van der Waals surface area contributed by atoms with Crippen LogP contribution in [-0.4, -0.2) is 37.2 Å². The van der Waals surface area contributed by atoms with E-state index < -0.39 is 0 Å². The first-order valence-electron chi connectivity index (χ1n) is 9.58. The third-order valence-electron chi connectivity index (χ3n) is 5.48. The molecule has 7 heteroatoms. The molecule has 27 heavy (non-hydrogen) atoms. The molecular formula is C20H26N6O. The Bertz CT molecular complexity index is 992. The molecule has 3 heterocycles. The van der Waals surface area contributed by atoms with Gasteiger partial charge in [0.05, 0.1) is 6.20 Å². The lowest BCUT2D eigenvalue weighted by Gasteiger charge is -2.33. The van der Waals surface area contributed by atoms with Crippen molar-refractivity contribution in [2.75, 3.05) is 11.9 Å². The number of aromatic nitrogens is 4. The van der Waals surface area contributed by atoms with Gasteiger partial charge in [-0.3, -0.25) is 19.4 Å². The lowest BCUT2D eigenvalue weighted by atomic mass is 10.0. The van der Waals surface area contributed by atoms with Gasteiger partial charge in [0.25, 0.3) is 5.56 Å². The van der Waals surface area contributed by atoms with Gasteiger partial charge in [-0.15, -0.1) is 0 Å². The summed E-state index contributed by atoms with van der Waals surface area (Å²) >= 11 is 0. The van der Waals surface area contributed by atoms with Gasteiger partial charge >= 0.3 is 0 Å². The number of anilines is 1. The smallest absolute Gasteiger partial charge is 0.263 e. The Kier molecular flexibility index (Phi) is 4.94. The van der Waals surface area contributed by atoms with Crippen molar-refractivity contribution in [3.8, 4) is 0 Å². The number of fused-ring (bicyclic) bond motifs is 1. The van der Waals surface area contributed by atoms with Gasteiger partial charge in [-0.2, -0.15) is 10.1 Å². The van der Waals surface area contributed by atoms with Gasteiger partial charge in [0.2, 0.25) is 5.95 Å². The molecule has 0 aliphatic carbocycles. The molecule has 2 N–H and O–H groups in total. The number of aromatic amines is 1. The SMILES string of the molecule is CC1CCCCN1Cc1ccccc1CNc1nc2c(cnn2C)c(=O)[nH]1. The fourth-order valence-electron chi connectivity index (χ4n) is 3.79. The zero-order valence-corrected chi connectivity index (χ0v) is 15.9. The molecule has 0 radical (unpaired) electrons. The number of piperidine rings is 1. The van der Waals surface area contributed by atoms with Gasteiger partial charge in [0.15, 0.2) is 5.65 Å². The minimum Gasteiger partial charge on any atom is -0.352 e. The Morgan fingerprint density at radius 2 is 2.07 bits per heavy atom. The lowest BCUT2D eigenvalue weighted by molar-refractivity contribution is 0.152. The van der Waals surface area contributed by atoms with Crippen LogP contribution in [-0.2, 0) is 20.1 Å². The summed E-state index contributed by atoms with van der Waals surface area (Å²) in [5.74, 6) is 0.470. The molecule has 1 aromatic carbocycles. The predicted octanol–water partition coefficient (Wildman–Crippen LogP) is 2.64. The van der Waals surface area contributed by atoms with Crippen molar-refractivity contribution in [2.24, 2.45) is 7.05 Å². The highest BCUT2D eigenvalue weighted by Crippen LogP contribution is 2.21. The molecule has 3 aromatic rings. The summed E-state index contributed by atoms with van der Waals surface area (Å²) in [6.07, 6.45) is 5.42. The number of aryl methyl sites for hydroxylation is 1. The topological polar surface area (TPSA) is 78.8 Å². The second kappa shape index (κ2) is 7.52. The second-order valence-electron chi connectivity index (χ2n) is 7.36. The van der Waals surface area contributed by atoms with Gasteiger partial charge in [0, 0.05) is 26.2 Å². The van der Waals surface area contributed by atoms with Crippen molar-refractivity contribution < 1.29 is 0 Å². The van der Waals surface area contributed by atoms with E-state index in [4.69, 9.17) is 0 Å². The molecule has 0 spiro atoms. The minimum atomic E-state index is -0.175. The largest absolute Gasteiger partial charge is 0.352 e. The van der Waals surface area contributed by atoms with Crippen molar-refractivity contribution in [3.63, 3.8) is 0 Å². The normalized spacial score (nSPS) is 18.1. The predicted molar refractivity (Wildman–Crippen MR) is 107 cm³/mol. The first kappa shape index (κ1) is 17.7. The van der Waals surface area contributed by atoms with Crippen LogP contribution in [0.4, 0.5) is 5.95 Å². The summed E-state index contributed by atoms with van der Waals surface area (Å²) in [5.41, 5.74) is 2.95. The Morgan fingerprint density at radius 1 is 1.26 bits per heavy atom. The molecular weight excluding hydrogens is 340 g/mol. The first-order chi connectivity index (χ1) is 13.1. The zero-order chi connectivity index (χ0) is 18.8. The van der Waals surface area contributed by atoms with Crippen molar-refractivity contribution in [2.45, 2.75) is 45.3 Å². The van der Waals surface area contributed by atoms with Gasteiger partial charge in [0.1, 0.15) is 5.39 Å². The summed E-state index contributed by atoms with van der Waals surface area (Å²) < 4.78 is 1.61. The van der Waals surface area contributed by atoms with Crippen molar-refractivity contribution in [1.82, 2.24) is 24.6 Å². The van der Waals surface area contributed by atoms with Crippen LogP contribution in [0.2, 0.25) is 0 Å². The van der Waals surface area contributed by atoms with E-state index in [1.807, 2.05) is 0 Å². The van der Waals surface area contributed by atoms with E-state index in [0.29, 0.717) is 29.6 Å². The average Bonchev–Trinajstić information content (AvgIpc) is 3.04. The standard InChI is InChI=1S/C20H26N6O/c1-14-7-5-6-10-26(14)13-16-9-4-3-8-15(16)11-21-20-23-18-17(19(27)24-20)12-22-25(18)2/h3-4,8-9,12,14H,5-7,10-11,13H2,1-2H3,(H2,21,23,24,27). The lowest BCUT2D eigenvalue weighted by Crippen LogP contribution is -2.37. The maximum Gasteiger partial charge on any atom is 0.263 e. The summed E-state index contributed by atoms with van der Waals surface area (Å²) in [4.78, 5) is 22.0. The third-order valence-corrected chi connectivity index (χ3v) is 5.48. The fourth-order valence-corrected chi connectivity index (χ4v) is 3.79. The molecule has 1 aliphatic heterocycles. The molecule has 4 rings (SSSR count). The summed E-state index contributed by atoms with van der Waals surface area (Å²) in [7, 11) is 1.79. The van der Waals surface area contributed by atoms with Crippen LogP contribution < -0.4 is 10.9 Å². The van der Waals surface area contributed by atoms with E-state index in [1.165, 1.54) is 30.4 Å². The van der Waals surface area contributed by atoms with Crippen molar-refractivity contribution in [1.29, 1.82) is 0 Å². The van der Waals surface area contributed by atoms with Crippen molar-refractivity contribution >= 4 is 17.0 Å². The Hall–Kier alpha value is -2.67. The highest BCUT2D eigenvalue weighted by atomic mass is 16.1. The number of benzene rings is 1. The van der Waals surface area contributed by atoms with E-state index in [9.17, 15) is 4.79 Å². The van der Waals surface area contributed by atoms with Crippen LogP contribution in [0, 0.1) is 0 Å². The van der Waals surface area contributed by atoms with Crippen LogP contribution >= 0.6 is 0 Å². The maximum absolute atomic E-state index is 12.2. The highest BCUT2D eigenvalue weighted by molar-refractivity contribution is 5.74. The molecule has 7 nitrogen and oxygen atoms in total. The number of H-pyrrole nitrogens is 1. The maximum atomic E-state index is 12.2. The van der Waals surface area contributed by atoms with Gasteiger partial charge in [-0.05, 0) is 37.4 Å². The Balaban J connectivity index is 1.52. The molecule has 0 saturated carbocycles. The number of nitrogens with zero attached hydrogens (tertiary/aromatic N) is 4. The summed E-state index contributed by atoms with van der Waals surface area (Å²) in [5, 5.41) is 7.88. The van der Waals surface area contributed by atoms with E-state index in [2.05, 4.69) is 56.5 Å². The quantitative estimate of drug-likeness (QED) is 0.726. The molecule has 1 saturated heterocycles. The number of rotatable bonds is 5. The second-order valence-corrected chi connectivity index (χ2v) is 7.36. The van der Waals surface area contributed by atoms with E-state index in [0.717, 1.165) is 13.1 Å². The molecule has 1 aliphatic rings. The molecule has 1 atom stereocenters. The minimum absolute atomic E-state index is 0.175. The van der Waals surface area contributed by atoms with E-state index in [1.54, 1.807) is 17.9 Å². The van der Waals surface area contributed by atoms with Crippen LogP contribution in [0.15, 0.2) is 35.3 Å². The molecule has 1 unspecified atom stereocenters. The number of nitrogens with one attached hydrogen (secondary N) is 2. The number of likely N-dealkylation sites (tertiary alicyclic amines) is 1. The van der Waals surface area contributed by atoms with Gasteiger partial charge in [-0.25, -0.2) is 0 Å². The van der Waals surface area contributed by atoms with Crippen LogP contribution in [0.1, 0.15) is 37.3 Å². The zero-order valence-electron chi connectivity index (χ0n) is 15.9. The monoisotopic (exact) mass is 366 g/mol. The Morgan fingerprint density at radius 3 is 2.89 bits per heavy atom. The molecule has 0 amide bonds. The number of hydrogen-bond donors (Lipinski definition) is 2. The van der Waals surface area contributed by atoms with Crippen LogP contribution in [0.5, 0.6) is 0 Å². The summed E-state index contributed by atoms with van der Waals surface area (Å²) in [6.45, 7) is 5.06. The fraction of sp³-hybridized carbons (Fsp3) is 0.450. The molecule has 1 fully saturated rings.